The lowest BCUT2D eigenvalue weighted by Gasteiger charge is -2.20. The van der Waals surface area contributed by atoms with Gasteiger partial charge < -0.3 is 25.6 Å². The van der Waals surface area contributed by atoms with Crippen molar-refractivity contribution >= 4 is 23.1 Å². The number of alkyl carbamates (subject to hydrolysis) is 1. The van der Waals surface area contributed by atoms with Crippen LogP contribution in [0.2, 0.25) is 0 Å². The molecule has 0 radical (unpaired) electrons. The van der Waals surface area contributed by atoms with Gasteiger partial charge in [0.2, 0.25) is 5.60 Å². The van der Waals surface area contributed by atoms with E-state index >= 15 is 0 Å². The van der Waals surface area contributed by atoms with Crippen LogP contribution in [0.25, 0.3) is 11.2 Å². The van der Waals surface area contributed by atoms with Gasteiger partial charge in [-0.2, -0.15) is 14.4 Å². The van der Waals surface area contributed by atoms with Crippen LogP contribution in [0.4, 0.5) is 15.0 Å². The van der Waals surface area contributed by atoms with Crippen LogP contribution in [0.1, 0.15) is 26.5 Å². The number of nitrogens with two attached hydrogens (primary N) is 1. The molecule has 1 amide bonds. The van der Waals surface area contributed by atoms with Crippen molar-refractivity contribution in [3.63, 3.8) is 0 Å². The van der Waals surface area contributed by atoms with Crippen LogP contribution in [0, 0.1) is 18.4 Å². The van der Waals surface area contributed by atoms with Gasteiger partial charge in [-0.1, -0.05) is 5.92 Å². The second-order valence-electron chi connectivity index (χ2n) is 6.87. The normalized spacial score (nSPS) is 31.6. The number of hydrogen-bond acceptors (Lipinski definition) is 8. The number of amides is 1. The topological polar surface area (TPSA) is 137 Å². The van der Waals surface area contributed by atoms with Crippen LogP contribution in [-0.4, -0.2) is 54.1 Å². The van der Waals surface area contributed by atoms with E-state index in [1.807, 2.05) is 0 Å². The van der Waals surface area contributed by atoms with E-state index in [1.165, 1.54) is 10.9 Å². The van der Waals surface area contributed by atoms with E-state index in [2.05, 4.69) is 26.2 Å². The number of imidazole rings is 1. The highest BCUT2D eigenvalue weighted by molar-refractivity contribution is 5.81. The minimum atomic E-state index is -1.57. The molecule has 0 aromatic carbocycles. The Hall–Kier alpha value is -2.97. The van der Waals surface area contributed by atoms with Gasteiger partial charge in [0.1, 0.15) is 6.23 Å². The molecule has 1 unspecified atom stereocenters. The largest absolute Gasteiger partial charge is 0.439 e. The van der Waals surface area contributed by atoms with Crippen molar-refractivity contribution < 1.29 is 23.8 Å². The van der Waals surface area contributed by atoms with Crippen LogP contribution in [0.3, 0.4) is 0 Å². The van der Waals surface area contributed by atoms with Crippen molar-refractivity contribution in [3.05, 3.63) is 12.4 Å². The summed E-state index contributed by atoms with van der Waals surface area (Å²) in [5, 5.41) is 13.4. The molecule has 0 bridgehead atoms. The molecule has 27 heavy (non-hydrogen) atoms. The number of carbonyl (C=O) groups excluding carboxylic acids is 1. The molecule has 11 heteroatoms. The summed E-state index contributed by atoms with van der Waals surface area (Å²) < 4.78 is 26.0. The molecule has 1 aliphatic carbocycles. The van der Waals surface area contributed by atoms with Gasteiger partial charge in [-0.3, -0.25) is 4.57 Å². The van der Waals surface area contributed by atoms with E-state index in [0.29, 0.717) is 0 Å². The number of terminal acetylenes is 1. The van der Waals surface area contributed by atoms with Gasteiger partial charge in [0, 0.05) is 12.5 Å². The van der Waals surface area contributed by atoms with Crippen molar-refractivity contribution in [2.24, 2.45) is 0 Å². The summed E-state index contributed by atoms with van der Waals surface area (Å²) in [5.74, 6) is 2.27. The smallest absolute Gasteiger partial charge is 0.407 e. The minimum Gasteiger partial charge on any atom is -0.439 e. The van der Waals surface area contributed by atoms with Crippen molar-refractivity contribution in [2.45, 2.75) is 49.8 Å². The van der Waals surface area contributed by atoms with Gasteiger partial charge >= 0.3 is 12.2 Å². The summed E-state index contributed by atoms with van der Waals surface area (Å²) in [4.78, 5) is 23.0. The van der Waals surface area contributed by atoms with E-state index < -0.39 is 35.7 Å². The first-order valence-electron chi connectivity index (χ1n) is 8.22. The quantitative estimate of drug-likeness (QED) is 0.506. The van der Waals surface area contributed by atoms with Gasteiger partial charge in [-0.25, -0.2) is 9.78 Å². The molecule has 10 nitrogen and oxygen atoms in total. The molecule has 2 aromatic rings. The number of nitrogens with zero attached hydrogens (tertiary/aromatic N) is 4. The first-order chi connectivity index (χ1) is 12.7. The number of carbonyl (C=O) groups is 1. The fourth-order valence-corrected chi connectivity index (χ4v) is 3.47. The number of fused-ring (bicyclic) bond motifs is 2. The lowest BCUT2D eigenvalue weighted by atomic mass is 10.2. The summed E-state index contributed by atoms with van der Waals surface area (Å²) in [7, 11) is 0. The average Bonchev–Trinajstić information content (AvgIpc) is 2.92. The third-order valence-electron chi connectivity index (χ3n) is 4.75. The maximum absolute atomic E-state index is 13.5. The van der Waals surface area contributed by atoms with Crippen molar-refractivity contribution in [1.82, 2.24) is 24.8 Å². The number of aliphatic hydroxyl groups is 1. The second-order valence-corrected chi connectivity index (χ2v) is 6.87. The van der Waals surface area contributed by atoms with Crippen molar-refractivity contribution in [3.8, 4) is 12.3 Å². The molecule has 1 saturated heterocycles. The number of nitrogens with one attached hydrogen (secondary N) is 1. The lowest BCUT2D eigenvalue weighted by molar-refractivity contribution is -0.0417. The molecule has 3 heterocycles. The van der Waals surface area contributed by atoms with Gasteiger partial charge in [-0.05, 0) is 13.8 Å². The second kappa shape index (κ2) is 5.51. The predicted molar refractivity (Wildman–Crippen MR) is 89.5 cm³/mol. The summed E-state index contributed by atoms with van der Waals surface area (Å²) in [5.41, 5.74) is 2.88. The molecule has 1 saturated carbocycles. The zero-order valence-electron chi connectivity index (χ0n) is 14.5. The van der Waals surface area contributed by atoms with Crippen molar-refractivity contribution in [1.29, 1.82) is 0 Å². The van der Waals surface area contributed by atoms with Crippen molar-refractivity contribution in [2.75, 3.05) is 5.73 Å². The van der Waals surface area contributed by atoms with E-state index in [-0.39, 0.29) is 29.4 Å². The monoisotopic (exact) mass is 376 g/mol. The molecule has 4 rings (SSSR count). The van der Waals surface area contributed by atoms with E-state index in [1.54, 1.807) is 13.8 Å². The first-order valence-corrected chi connectivity index (χ1v) is 8.22. The van der Waals surface area contributed by atoms with Crippen LogP contribution >= 0.6 is 0 Å². The third-order valence-corrected chi connectivity index (χ3v) is 4.75. The van der Waals surface area contributed by atoms with Crippen LogP contribution in [0.5, 0.6) is 0 Å². The lowest BCUT2D eigenvalue weighted by Crippen LogP contribution is -2.34. The third kappa shape index (κ3) is 2.34. The average molecular weight is 376 g/mol. The Kier molecular flexibility index (Phi) is 3.56. The Bertz CT molecular complexity index is 987. The van der Waals surface area contributed by atoms with Crippen LogP contribution in [-0.2, 0) is 9.47 Å². The zero-order valence-corrected chi connectivity index (χ0v) is 14.5. The molecule has 2 fully saturated rings. The maximum atomic E-state index is 13.5. The fraction of sp³-hybridized carbons (Fsp3) is 0.500. The Morgan fingerprint density at radius 1 is 1.63 bits per heavy atom. The summed E-state index contributed by atoms with van der Waals surface area (Å²) in [6, 6.07) is -0.140. The molecular weight excluding hydrogens is 359 g/mol. The molecule has 1 aliphatic heterocycles. The van der Waals surface area contributed by atoms with Crippen LogP contribution < -0.4 is 11.1 Å². The number of nitrogen functional groups attached to an aromatic ring is 1. The number of hydrogen-bond donors (Lipinski definition) is 3. The van der Waals surface area contributed by atoms with Gasteiger partial charge in [0.25, 0.3) is 0 Å². The molecule has 0 spiro atoms. The highest BCUT2D eigenvalue weighted by Gasteiger charge is 2.85. The Labute approximate surface area is 152 Å². The molecule has 2 aliphatic rings. The number of halogens is 1. The van der Waals surface area contributed by atoms with Gasteiger partial charge in [0.15, 0.2) is 28.7 Å². The summed E-state index contributed by atoms with van der Waals surface area (Å²) >= 11 is 0. The minimum absolute atomic E-state index is 0.00614. The zero-order chi connectivity index (χ0) is 19.6. The van der Waals surface area contributed by atoms with Gasteiger partial charge in [0.05, 0.1) is 6.33 Å². The van der Waals surface area contributed by atoms with E-state index in [9.17, 15) is 14.3 Å². The highest BCUT2D eigenvalue weighted by Crippen LogP contribution is 2.63. The Morgan fingerprint density at radius 2 is 2.37 bits per heavy atom. The Balaban J connectivity index is 1.60. The fourth-order valence-electron chi connectivity index (χ4n) is 3.47. The standard InChI is InChI=1S/C16H17FN6O4/c1-4-16-12(26-14(24)20-7(2)3)15(16,25)5-8(27-16)23-6-19-9-10(18)21-13(17)22-11(9)23/h1,6-8,12,25H,5H2,2-3H3,(H,20,24)(H2,18,21,22)/t8-,12?,15-,16-/m1/s1. The predicted octanol–water partition coefficient (Wildman–Crippen LogP) is 0.0864. The molecule has 142 valence electrons. The van der Waals surface area contributed by atoms with E-state index in [4.69, 9.17) is 21.6 Å². The molecule has 4 N–H and O–H groups in total. The molecule has 2 aromatic heterocycles. The Morgan fingerprint density at radius 3 is 3.00 bits per heavy atom. The SMILES string of the molecule is C#C[C@]12O[C@@H](n3cnc4c(N)nc(F)nc43)C[C@@]1(O)C2OC(=O)NC(C)C. The number of rotatable bonds is 3. The number of ether oxygens (including phenoxy) is 2. The van der Waals surface area contributed by atoms with Gasteiger partial charge in [-0.15, -0.1) is 6.42 Å². The van der Waals surface area contributed by atoms with Crippen LogP contribution in [0.15, 0.2) is 6.33 Å². The summed E-state index contributed by atoms with van der Waals surface area (Å²) in [6.45, 7) is 3.54. The molecule has 4 atom stereocenters. The van der Waals surface area contributed by atoms with E-state index in [0.717, 1.165) is 0 Å². The first kappa shape index (κ1) is 17.4. The number of anilines is 1. The molecular formula is C16H17FN6O4. The maximum Gasteiger partial charge on any atom is 0.407 e. The highest BCUT2D eigenvalue weighted by atomic mass is 19.1. The number of aromatic nitrogens is 4. The summed E-state index contributed by atoms with van der Waals surface area (Å²) in [6.07, 6.45) is 3.37.